The van der Waals surface area contributed by atoms with Crippen molar-refractivity contribution in [3.63, 3.8) is 0 Å². The molecule has 2 aromatic carbocycles. The van der Waals surface area contributed by atoms with Crippen molar-refractivity contribution >= 4 is 17.5 Å². The molecule has 2 aliphatic rings. The lowest BCUT2D eigenvalue weighted by molar-refractivity contribution is -0.131. The second kappa shape index (κ2) is 9.61. The smallest absolute Gasteiger partial charge is 0.249 e. The molecule has 0 aromatic heterocycles. The SMILES string of the molecule is COc1ccc(N2C(=O)Cc3ccccc3OCC2(C)C(=O)NCCN2CCCC2)cc1. The summed E-state index contributed by atoms with van der Waals surface area (Å²) < 4.78 is 11.4. The Morgan fingerprint density at radius 1 is 1.12 bits per heavy atom. The number of nitrogens with zero attached hydrogens (tertiary/aromatic N) is 2. The average molecular weight is 438 g/mol. The molecular formula is C25H31N3O4. The van der Waals surface area contributed by atoms with Crippen LogP contribution in [0.5, 0.6) is 11.5 Å². The zero-order valence-electron chi connectivity index (χ0n) is 18.8. The highest BCUT2D eigenvalue weighted by Crippen LogP contribution is 2.32. The second-order valence-electron chi connectivity index (χ2n) is 8.58. The number of carbonyl (C=O) groups excluding carboxylic acids is 2. The zero-order chi connectivity index (χ0) is 22.6. The first kappa shape index (κ1) is 22.1. The molecule has 1 atom stereocenters. The molecule has 32 heavy (non-hydrogen) atoms. The Labute approximate surface area is 189 Å². The minimum atomic E-state index is -1.20. The van der Waals surface area contributed by atoms with Crippen LogP contribution in [-0.4, -0.2) is 62.1 Å². The molecule has 7 heteroatoms. The van der Waals surface area contributed by atoms with Gasteiger partial charge in [-0.3, -0.25) is 14.5 Å². The Morgan fingerprint density at radius 2 is 1.84 bits per heavy atom. The molecule has 0 bridgehead atoms. The summed E-state index contributed by atoms with van der Waals surface area (Å²) in [5.74, 6) is 0.960. The van der Waals surface area contributed by atoms with Crippen molar-refractivity contribution in [1.82, 2.24) is 10.2 Å². The number of anilines is 1. The van der Waals surface area contributed by atoms with E-state index in [4.69, 9.17) is 9.47 Å². The Morgan fingerprint density at radius 3 is 2.56 bits per heavy atom. The summed E-state index contributed by atoms with van der Waals surface area (Å²) in [7, 11) is 1.60. The number of hydrogen-bond acceptors (Lipinski definition) is 5. The molecule has 1 fully saturated rings. The summed E-state index contributed by atoms with van der Waals surface area (Å²) in [6.07, 6.45) is 2.57. The van der Waals surface area contributed by atoms with Crippen LogP contribution in [0, 0.1) is 0 Å². The molecule has 7 nitrogen and oxygen atoms in total. The minimum Gasteiger partial charge on any atom is -0.497 e. The van der Waals surface area contributed by atoms with Gasteiger partial charge in [0.2, 0.25) is 11.8 Å². The van der Waals surface area contributed by atoms with Crippen LogP contribution in [0.4, 0.5) is 5.69 Å². The zero-order valence-corrected chi connectivity index (χ0v) is 18.8. The molecule has 1 saturated heterocycles. The third-order valence-corrected chi connectivity index (χ3v) is 6.30. The van der Waals surface area contributed by atoms with Crippen molar-refractivity contribution < 1.29 is 19.1 Å². The largest absolute Gasteiger partial charge is 0.497 e. The number of amides is 2. The van der Waals surface area contributed by atoms with Crippen molar-refractivity contribution in [1.29, 1.82) is 0 Å². The van der Waals surface area contributed by atoms with Crippen molar-refractivity contribution in [2.45, 2.75) is 31.7 Å². The molecule has 0 saturated carbocycles. The van der Waals surface area contributed by atoms with Gasteiger partial charge in [0.25, 0.3) is 0 Å². The van der Waals surface area contributed by atoms with Gasteiger partial charge < -0.3 is 19.7 Å². The molecule has 2 aliphatic heterocycles. The van der Waals surface area contributed by atoms with E-state index < -0.39 is 5.54 Å². The van der Waals surface area contributed by atoms with E-state index in [0.717, 1.165) is 25.2 Å². The summed E-state index contributed by atoms with van der Waals surface area (Å²) in [6, 6.07) is 14.7. The maximum Gasteiger partial charge on any atom is 0.249 e. The van der Waals surface area contributed by atoms with E-state index in [9.17, 15) is 9.59 Å². The summed E-state index contributed by atoms with van der Waals surface area (Å²) in [6.45, 7) is 5.32. The van der Waals surface area contributed by atoms with E-state index in [1.54, 1.807) is 43.2 Å². The van der Waals surface area contributed by atoms with Crippen LogP contribution in [-0.2, 0) is 16.0 Å². The number of benzene rings is 2. The normalized spacial score (nSPS) is 21.3. The van der Waals surface area contributed by atoms with E-state index in [2.05, 4.69) is 10.2 Å². The van der Waals surface area contributed by atoms with E-state index in [1.165, 1.54) is 12.8 Å². The third kappa shape index (κ3) is 4.58. The number of nitrogens with one attached hydrogen (secondary N) is 1. The van der Waals surface area contributed by atoms with Gasteiger partial charge in [0.1, 0.15) is 18.1 Å². The quantitative estimate of drug-likeness (QED) is 0.752. The first-order valence-corrected chi connectivity index (χ1v) is 11.2. The molecule has 2 aromatic rings. The van der Waals surface area contributed by atoms with Crippen molar-refractivity contribution in [2.75, 3.05) is 44.8 Å². The fourth-order valence-corrected chi connectivity index (χ4v) is 4.44. The number of carbonyl (C=O) groups is 2. The van der Waals surface area contributed by atoms with E-state index in [0.29, 0.717) is 23.7 Å². The second-order valence-corrected chi connectivity index (χ2v) is 8.58. The van der Waals surface area contributed by atoms with E-state index >= 15 is 0 Å². The molecule has 1 N–H and O–H groups in total. The average Bonchev–Trinajstić information content (AvgIpc) is 3.31. The van der Waals surface area contributed by atoms with Crippen LogP contribution >= 0.6 is 0 Å². The summed E-state index contributed by atoms with van der Waals surface area (Å²) >= 11 is 0. The van der Waals surface area contributed by atoms with Crippen LogP contribution < -0.4 is 19.7 Å². The van der Waals surface area contributed by atoms with Gasteiger partial charge in [-0.15, -0.1) is 0 Å². The predicted octanol–water partition coefficient (Wildman–Crippen LogP) is 2.63. The molecule has 0 aliphatic carbocycles. The highest BCUT2D eigenvalue weighted by molar-refractivity contribution is 6.04. The van der Waals surface area contributed by atoms with Crippen LogP contribution in [0.25, 0.3) is 0 Å². The molecule has 1 unspecified atom stereocenters. The fraction of sp³-hybridized carbons (Fsp3) is 0.440. The third-order valence-electron chi connectivity index (χ3n) is 6.30. The van der Waals surface area contributed by atoms with E-state index in [-0.39, 0.29) is 24.8 Å². The number of ether oxygens (including phenoxy) is 2. The molecule has 2 heterocycles. The van der Waals surface area contributed by atoms with Gasteiger partial charge in [0.05, 0.1) is 13.5 Å². The van der Waals surface area contributed by atoms with Crippen molar-refractivity contribution in [3.8, 4) is 11.5 Å². The predicted molar refractivity (Wildman–Crippen MR) is 123 cm³/mol. The van der Waals surface area contributed by atoms with Crippen LogP contribution in [0.2, 0.25) is 0 Å². The van der Waals surface area contributed by atoms with Crippen molar-refractivity contribution in [3.05, 3.63) is 54.1 Å². The van der Waals surface area contributed by atoms with Crippen LogP contribution in [0.15, 0.2) is 48.5 Å². The summed E-state index contributed by atoms with van der Waals surface area (Å²) in [5, 5.41) is 3.06. The molecule has 0 radical (unpaired) electrons. The number of likely N-dealkylation sites (tertiary alicyclic amines) is 1. The first-order chi connectivity index (χ1) is 15.5. The fourth-order valence-electron chi connectivity index (χ4n) is 4.44. The van der Waals surface area contributed by atoms with Gasteiger partial charge in [-0.1, -0.05) is 18.2 Å². The Balaban J connectivity index is 1.62. The first-order valence-electron chi connectivity index (χ1n) is 11.2. The number of rotatable bonds is 6. The highest BCUT2D eigenvalue weighted by atomic mass is 16.5. The molecule has 2 amide bonds. The number of fused-ring (bicyclic) bond motifs is 1. The number of para-hydroxylation sites is 1. The van der Waals surface area contributed by atoms with Crippen LogP contribution in [0.1, 0.15) is 25.3 Å². The number of hydrogen-bond donors (Lipinski definition) is 1. The van der Waals surface area contributed by atoms with Crippen molar-refractivity contribution in [2.24, 2.45) is 0 Å². The Kier molecular flexibility index (Phi) is 6.65. The van der Waals surface area contributed by atoms with E-state index in [1.807, 2.05) is 24.3 Å². The standard InChI is InChI=1S/C25H31N3O4/c1-25(24(30)26-13-16-27-14-5-6-15-27)18-32-22-8-4-3-7-19(22)17-23(29)28(25)20-9-11-21(31-2)12-10-20/h3-4,7-12H,5-6,13-18H2,1-2H3,(H,26,30). The molecule has 4 rings (SSSR count). The molecule has 170 valence electrons. The van der Waals surface area contributed by atoms with Gasteiger partial charge in [0, 0.05) is 24.3 Å². The lowest BCUT2D eigenvalue weighted by Gasteiger charge is -2.41. The van der Waals surface area contributed by atoms with Crippen LogP contribution in [0.3, 0.4) is 0 Å². The lowest BCUT2D eigenvalue weighted by atomic mass is 9.95. The lowest BCUT2D eigenvalue weighted by Crippen LogP contribution is -2.63. The summed E-state index contributed by atoms with van der Waals surface area (Å²) in [4.78, 5) is 31.0. The van der Waals surface area contributed by atoms with Gasteiger partial charge >= 0.3 is 0 Å². The topological polar surface area (TPSA) is 71.1 Å². The Hall–Kier alpha value is -3.06. The minimum absolute atomic E-state index is 0.0529. The Bertz CT molecular complexity index is 956. The van der Waals surface area contributed by atoms with Gasteiger partial charge in [-0.25, -0.2) is 0 Å². The monoisotopic (exact) mass is 437 g/mol. The van der Waals surface area contributed by atoms with Gasteiger partial charge in [-0.2, -0.15) is 0 Å². The molecule has 0 spiro atoms. The highest BCUT2D eigenvalue weighted by Gasteiger charge is 2.45. The molecular weight excluding hydrogens is 406 g/mol. The van der Waals surface area contributed by atoms with Gasteiger partial charge in [-0.05, 0) is 63.2 Å². The maximum absolute atomic E-state index is 13.5. The number of methoxy groups -OCH3 is 1. The van der Waals surface area contributed by atoms with Gasteiger partial charge in [0.15, 0.2) is 5.54 Å². The summed E-state index contributed by atoms with van der Waals surface area (Å²) in [5.41, 5.74) is 0.244. The maximum atomic E-state index is 13.5.